The molecule has 44 heavy (non-hydrogen) atoms. The number of hydrogen-bond acceptors (Lipinski definition) is 9. The van der Waals surface area contributed by atoms with Crippen LogP contribution in [0.1, 0.15) is 42.6 Å². The average molecular weight is 639 g/mol. The third kappa shape index (κ3) is 9.16. The Morgan fingerprint density at radius 1 is 1.00 bits per heavy atom. The Morgan fingerprint density at radius 2 is 1.68 bits per heavy atom. The van der Waals surface area contributed by atoms with Gasteiger partial charge in [-0.2, -0.15) is 26.9 Å². The summed E-state index contributed by atoms with van der Waals surface area (Å²) in [6.07, 6.45) is -1.95. The summed E-state index contributed by atoms with van der Waals surface area (Å²) in [4.78, 5) is 35.4. The van der Waals surface area contributed by atoms with Gasteiger partial charge in [0.15, 0.2) is 0 Å². The van der Waals surface area contributed by atoms with E-state index in [-0.39, 0.29) is 30.0 Å². The maximum atomic E-state index is 13.8. The van der Waals surface area contributed by atoms with Crippen molar-refractivity contribution in [1.29, 1.82) is 5.26 Å². The molecule has 4 N–H and O–H groups in total. The first-order valence-electron chi connectivity index (χ1n) is 14.0. The van der Waals surface area contributed by atoms with E-state index in [9.17, 15) is 31.2 Å². The molecule has 0 spiro atoms. The highest BCUT2D eigenvalue weighted by molar-refractivity contribution is 7.85. The minimum absolute atomic E-state index is 0.0306. The first kappa shape index (κ1) is 32.7. The Balaban J connectivity index is 1.32. The molecule has 1 aromatic heterocycles. The molecule has 0 radical (unpaired) electrons. The van der Waals surface area contributed by atoms with Crippen molar-refractivity contribution < 1.29 is 35.7 Å². The number of nitriles is 1. The average Bonchev–Trinajstić information content (AvgIpc) is 2.95. The van der Waals surface area contributed by atoms with Crippen LogP contribution in [0, 0.1) is 17.2 Å². The number of anilines is 2. The van der Waals surface area contributed by atoms with Crippen molar-refractivity contribution in [2.24, 2.45) is 5.92 Å². The van der Waals surface area contributed by atoms with Crippen LogP contribution in [0.15, 0.2) is 30.3 Å². The van der Waals surface area contributed by atoms with Gasteiger partial charge in [0, 0.05) is 38.8 Å². The SMILES string of the molecule is N#Cc1ccc(CCNC(=O)[C@@H]2CCN2c2cc(N3CCC(CCNC(=O)NCS(=O)(=O)O)CC3)nc(C(F)(F)F)n2)cc1. The van der Waals surface area contributed by atoms with E-state index in [1.54, 1.807) is 34.1 Å². The largest absolute Gasteiger partial charge is 0.451 e. The summed E-state index contributed by atoms with van der Waals surface area (Å²) in [6.45, 7) is 1.80. The molecular weight excluding hydrogens is 605 g/mol. The lowest BCUT2D eigenvalue weighted by Gasteiger charge is -2.41. The molecular formula is C27H33F3N8O5S. The summed E-state index contributed by atoms with van der Waals surface area (Å²) in [5, 5.41) is 16.3. The number of urea groups is 1. The molecule has 1 atom stereocenters. The maximum Gasteiger partial charge on any atom is 0.451 e. The number of carbonyl (C=O) groups is 2. The molecule has 3 heterocycles. The van der Waals surface area contributed by atoms with E-state index in [4.69, 9.17) is 9.81 Å². The minimum atomic E-state index is -4.78. The Kier molecular flexibility index (Phi) is 10.5. The predicted octanol–water partition coefficient (Wildman–Crippen LogP) is 2.06. The first-order valence-corrected chi connectivity index (χ1v) is 15.6. The number of nitrogens with zero attached hydrogens (tertiary/aromatic N) is 5. The number of alkyl halides is 3. The van der Waals surface area contributed by atoms with Gasteiger partial charge in [-0.25, -0.2) is 14.8 Å². The number of aromatic nitrogens is 2. The van der Waals surface area contributed by atoms with E-state index in [0.29, 0.717) is 63.8 Å². The number of amides is 3. The molecule has 2 aromatic rings. The Bertz CT molecular complexity index is 1480. The number of benzene rings is 1. The number of nitrogens with one attached hydrogen (secondary N) is 3. The molecule has 238 valence electrons. The molecule has 0 bridgehead atoms. The molecule has 2 aliphatic heterocycles. The number of hydrogen-bond donors (Lipinski definition) is 4. The quantitative estimate of drug-likeness (QED) is 0.266. The summed E-state index contributed by atoms with van der Waals surface area (Å²) in [5.41, 5.74) is 1.47. The summed E-state index contributed by atoms with van der Waals surface area (Å²) in [6, 6.07) is 9.11. The summed E-state index contributed by atoms with van der Waals surface area (Å²) in [7, 11) is -4.33. The maximum absolute atomic E-state index is 13.8. The molecule has 2 aliphatic rings. The standard InChI is InChI=1S/C27H33F3N8O5S/c28-27(29,30)25-35-22(37-12-7-19(8-13-37)6-11-33-26(40)34-17-44(41,42)43)15-23(36-25)38-14-9-21(38)24(39)32-10-5-18-1-3-20(16-31)4-2-18/h1-4,15,19,21H,5-14,17H2,(H,32,39)(H2,33,34,40)(H,41,42,43)/t21-/m0/s1. The molecule has 4 rings (SSSR count). The van der Waals surface area contributed by atoms with Crippen molar-refractivity contribution in [3.63, 3.8) is 0 Å². The van der Waals surface area contributed by atoms with Crippen LogP contribution in [0.25, 0.3) is 0 Å². The number of carbonyl (C=O) groups excluding carboxylic acids is 2. The van der Waals surface area contributed by atoms with Gasteiger partial charge < -0.3 is 25.8 Å². The van der Waals surface area contributed by atoms with Gasteiger partial charge in [0.2, 0.25) is 11.7 Å². The van der Waals surface area contributed by atoms with Gasteiger partial charge in [-0.1, -0.05) is 12.1 Å². The van der Waals surface area contributed by atoms with Crippen LogP contribution in [0.2, 0.25) is 0 Å². The second kappa shape index (κ2) is 14.1. The highest BCUT2D eigenvalue weighted by atomic mass is 32.2. The second-order valence-corrected chi connectivity index (χ2v) is 12.1. The molecule has 0 aliphatic carbocycles. The fraction of sp³-hybridized carbons (Fsp3) is 0.519. The minimum Gasteiger partial charge on any atom is -0.356 e. The van der Waals surface area contributed by atoms with Crippen LogP contribution < -0.4 is 25.8 Å². The predicted molar refractivity (Wildman–Crippen MR) is 153 cm³/mol. The topological polar surface area (TPSA) is 181 Å². The normalized spacial score (nSPS) is 17.4. The van der Waals surface area contributed by atoms with E-state index in [1.807, 2.05) is 11.4 Å². The lowest BCUT2D eigenvalue weighted by atomic mass is 9.93. The molecule has 1 aromatic carbocycles. The van der Waals surface area contributed by atoms with Crippen molar-refractivity contribution in [1.82, 2.24) is 25.9 Å². The molecule has 13 nitrogen and oxygen atoms in total. The van der Waals surface area contributed by atoms with Gasteiger partial charge >= 0.3 is 12.2 Å². The van der Waals surface area contributed by atoms with Crippen LogP contribution in [0.3, 0.4) is 0 Å². The fourth-order valence-electron chi connectivity index (χ4n) is 5.05. The van der Waals surface area contributed by atoms with E-state index < -0.39 is 40.1 Å². The summed E-state index contributed by atoms with van der Waals surface area (Å²) < 4.78 is 71.4. The fourth-order valence-corrected chi connectivity index (χ4v) is 5.36. The molecule has 17 heteroatoms. The van der Waals surface area contributed by atoms with Crippen molar-refractivity contribution in [2.75, 3.05) is 48.4 Å². The number of rotatable bonds is 11. The smallest absolute Gasteiger partial charge is 0.356 e. The van der Waals surface area contributed by atoms with Gasteiger partial charge in [0.1, 0.15) is 23.6 Å². The highest BCUT2D eigenvalue weighted by Gasteiger charge is 2.40. The Morgan fingerprint density at radius 3 is 2.27 bits per heavy atom. The van der Waals surface area contributed by atoms with E-state index >= 15 is 0 Å². The van der Waals surface area contributed by atoms with Crippen molar-refractivity contribution in [2.45, 2.75) is 44.3 Å². The zero-order chi connectivity index (χ0) is 31.9. The van der Waals surface area contributed by atoms with Crippen molar-refractivity contribution >= 4 is 33.7 Å². The Hall–Kier alpha value is -4.17. The van der Waals surface area contributed by atoms with Gasteiger partial charge in [-0.3, -0.25) is 9.35 Å². The van der Waals surface area contributed by atoms with Crippen LogP contribution in [0.4, 0.5) is 29.6 Å². The van der Waals surface area contributed by atoms with Gasteiger partial charge in [0.25, 0.3) is 10.1 Å². The molecule has 0 unspecified atom stereocenters. The third-order valence-corrected chi connectivity index (χ3v) is 8.07. The van der Waals surface area contributed by atoms with Crippen LogP contribution in [0.5, 0.6) is 0 Å². The molecule has 0 saturated carbocycles. The zero-order valence-electron chi connectivity index (χ0n) is 23.7. The summed E-state index contributed by atoms with van der Waals surface area (Å²) in [5.74, 6) is -2.16. The highest BCUT2D eigenvalue weighted by Crippen LogP contribution is 2.34. The molecule has 2 fully saturated rings. The van der Waals surface area contributed by atoms with E-state index in [0.717, 1.165) is 5.56 Å². The van der Waals surface area contributed by atoms with Crippen LogP contribution in [-0.2, 0) is 27.5 Å². The molecule has 2 saturated heterocycles. The van der Waals surface area contributed by atoms with E-state index in [2.05, 4.69) is 20.6 Å². The lowest BCUT2D eigenvalue weighted by molar-refractivity contribution is -0.144. The summed E-state index contributed by atoms with van der Waals surface area (Å²) >= 11 is 0. The van der Waals surface area contributed by atoms with Crippen LogP contribution >= 0.6 is 0 Å². The van der Waals surface area contributed by atoms with Crippen molar-refractivity contribution in [3.05, 3.63) is 47.3 Å². The second-order valence-electron chi connectivity index (χ2n) is 10.6. The zero-order valence-corrected chi connectivity index (χ0v) is 24.5. The first-order chi connectivity index (χ1) is 20.8. The van der Waals surface area contributed by atoms with Gasteiger partial charge in [0.05, 0.1) is 11.6 Å². The van der Waals surface area contributed by atoms with Crippen molar-refractivity contribution in [3.8, 4) is 6.07 Å². The number of piperidine rings is 1. The van der Waals surface area contributed by atoms with Gasteiger partial charge in [-0.05, 0) is 55.7 Å². The van der Waals surface area contributed by atoms with Gasteiger partial charge in [-0.15, -0.1) is 0 Å². The lowest BCUT2D eigenvalue weighted by Crippen LogP contribution is -2.57. The third-order valence-electron chi connectivity index (χ3n) is 7.56. The number of halogens is 3. The molecule has 3 amide bonds. The van der Waals surface area contributed by atoms with E-state index in [1.165, 1.54) is 6.07 Å². The van der Waals surface area contributed by atoms with Crippen LogP contribution in [-0.4, -0.2) is 79.5 Å². The monoisotopic (exact) mass is 638 g/mol. The Labute approximate surface area is 252 Å².